The van der Waals surface area contributed by atoms with Gasteiger partial charge in [-0.3, -0.25) is 3.07 Å². The highest BCUT2D eigenvalue weighted by molar-refractivity contribution is 14.1. The van der Waals surface area contributed by atoms with Crippen molar-refractivity contribution in [3.05, 3.63) is 32.9 Å². The summed E-state index contributed by atoms with van der Waals surface area (Å²) in [6.45, 7) is 1.61. The molecule has 0 heterocycles. The van der Waals surface area contributed by atoms with Crippen molar-refractivity contribution in [3.63, 3.8) is 0 Å². The number of hydrogen-bond acceptors (Lipinski definition) is 1. The number of benzene rings is 1. The number of halogens is 3. The van der Waals surface area contributed by atoms with E-state index in [-0.39, 0.29) is 3.57 Å². The third-order valence-electron chi connectivity index (χ3n) is 1.31. The first-order valence-corrected chi connectivity index (χ1v) is 4.84. The molecule has 0 saturated carbocycles. The molecule has 1 aromatic rings. The molecular formula is C7H5F2IO. The molecule has 0 aliphatic heterocycles. The van der Waals surface area contributed by atoms with Crippen molar-refractivity contribution in [1.82, 2.24) is 0 Å². The molecule has 1 rings (SSSR count). The van der Waals surface area contributed by atoms with Gasteiger partial charge in [0.2, 0.25) is 0 Å². The predicted molar refractivity (Wildman–Crippen MR) is 44.5 cm³/mol. The van der Waals surface area contributed by atoms with Gasteiger partial charge in [0.1, 0.15) is 0 Å². The maximum absolute atomic E-state index is 12.7. The maximum Gasteiger partial charge on any atom is 0.185 e. The molecule has 0 atom stereocenters. The van der Waals surface area contributed by atoms with E-state index in [1.807, 2.05) is 0 Å². The van der Waals surface area contributed by atoms with Crippen LogP contribution in [0.3, 0.4) is 0 Å². The van der Waals surface area contributed by atoms with Gasteiger partial charge in [0.15, 0.2) is 32.8 Å². The Labute approximate surface area is 73.1 Å². The SMILES string of the molecule is Cc1ccc(F)c(F)c1I=O. The zero-order valence-corrected chi connectivity index (χ0v) is 7.85. The van der Waals surface area contributed by atoms with E-state index in [2.05, 4.69) is 0 Å². The smallest absolute Gasteiger partial charge is 0.185 e. The quantitative estimate of drug-likeness (QED) is 0.566. The molecule has 60 valence electrons. The first-order valence-electron chi connectivity index (χ1n) is 2.88. The largest absolute Gasteiger partial charge is 0.265 e. The molecule has 1 aromatic carbocycles. The molecule has 0 aliphatic rings. The zero-order valence-electron chi connectivity index (χ0n) is 5.70. The number of rotatable bonds is 1. The Morgan fingerprint density at radius 3 is 2.45 bits per heavy atom. The minimum Gasteiger partial charge on any atom is -0.265 e. The van der Waals surface area contributed by atoms with Crippen LogP contribution in [0, 0.1) is 22.1 Å². The lowest BCUT2D eigenvalue weighted by Gasteiger charge is -1.98. The van der Waals surface area contributed by atoms with Gasteiger partial charge in [-0.25, -0.2) is 8.78 Å². The molecule has 0 aromatic heterocycles. The normalized spacial score (nSPS) is 10.1. The van der Waals surface area contributed by atoms with Crippen LogP contribution < -0.4 is 0 Å². The number of aryl methyl sites for hydroxylation is 1. The second-order valence-corrected chi connectivity index (χ2v) is 3.59. The molecule has 1 nitrogen and oxygen atoms in total. The van der Waals surface area contributed by atoms with Crippen molar-refractivity contribution >= 4 is 21.2 Å². The molecule has 11 heavy (non-hydrogen) atoms. The molecule has 0 radical (unpaired) electrons. The van der Waals surface area contributed by atoms with Gasteiger partial charge in [0, 0.05) is 0 Å². The highest BCUT2D eigenvalue weighted by Crippen LogP contribution is 2.20. The van der Waals surface area contributed by atoms with E-state index in [1.165, 1.54) is 6.07 Å². The molecule has 0 saturated heterocycles. The van der Waals surface area contributed by atoms with E-state index in [1.54, 1.807) is 6.92 Å². The Morgan fingerprint density at radius 1 is 1.36 bits per heavy atom. The Bertz CT molecular complexity index is 299. The summed E-state index contributed by atoms with van der Waals surface area (Å²) < 4.78 is 35.6. The average Bonchev–Trinajstić information content (AvgIpc) is 1.99. The Kier molecular flexibility index (Phi) is 2.64. The summed E-state index contributed by atoms with van der Waals surface area (Å²) in [7, 11) is 0. The van der Waals surface area contributed by atoms with Crippen LogP contribution in [0.5, 0.6) is 0 Å². The molecule has 4 heteroatoms. The molecule has 0 spiro atoms. The summed E-state index contributed by atoms with van der Waals surface area (Å²) in [6.07, 6.45) is 0. The van der Waals surface area contributed by atoms with E-state index in [0.29, 0.717) is 5.56 Å². The molecular weight excluding hydrogens is 265 g/mol. The minimum atomic E-state index is -1.62. The summed E-state index contributed by atoms with van der Waals surface area (Å²) in [4.78, 5) is 0. The van der Waals surface area contributed by atoms with Gasteiger partial charge in [-0.1, -0.05) is 6.07 Å². The van der Waals surface area contributed by atoms with Gasteiger partial charge >= 0.3 is 0 Å². The first kappa shape index (κ1) is 8.70. The van der Waals surface area contributed by atoms with Crippen LogP contribution in [0.15, 0.2) is 12.1 Å². The summed E-state index contributed by atoms with van der Waals surface area (Å²) in [5.74, 6) is -1.89. The molecule has 0 amide bonds. The average molecular weight is 270 g/mol. The summed E-state index contributed by atoms with van der Waals surface area (Å²) in [6, 6.07) is 2.46. The molecule has 0 unspecified atom stereocenters. The van der Waals surface area contributed by atoms with Crippen molar-refractivity contribution in [1.29, 1.82) is 0 Å². The Morgan fingerprint density at radius 2 is 2.00 bits per heavy atom. The van der Waals surface area contributed by atoms with Crippen LogP contribution >= 0.6 is 21.2 Å². The maximum atomic E-state index is 12.7. The van der Waals surface area contributed by atoms with Crippen LogP contribution in [0.1, 0.15) is 5.56 Å². The first-order chi connectivity index (χ1) is 5.16. The fourth-order valence-corrected chi connectivity index (χ4v) is 1.70. The second kappa shape index (κ2) is 3.34. The third-order valence-corrected chi connectivity index (χ3v) is 3.07. The molecule has 0 aliphatic carbocycles. The predicted octanol–water partition coefficient (Wildman–Crippen LogP) is 2.76. The van der Waals surface area contributed by atoms with Gasteiger partial charge < -0.3 is 0 Å². The minimum absolute atomic E-state index is 0.0313. The van der Waals surface area contributed by atoms with Crippen LogP contribution in [0.25, 0.3) is 0 Å². The van der Waals surface area contributed by atoms with Gasteiger partial charge in [-0.05, 0) is 18.6 Å². The van der Waals surface area contributed by atoms with Gasteiger partial charge in [0.25, 0.3) is 0 Å². The summed E-state index contributed by atoms with van der Waals surface area (Å²) >= 11 is -1.62. The van der Waals surface area contributed by atoms with E-state index < -0.39 is 32.8 Å². The van der Waals surface area contributed by atoms with Crippen molar-refractivity contribution in [2.24, 2.45) is 0 Å². The van der Waals surface area contributed by atoms with Crippen LogP contribution in [0.2, 0.25) is 0 Å². The van der Waals surface area contributed by atoms with Crippen molar-refractivity contribution in [2.75, 3.05) is 0 Å². The topological polar surface area (TPSA) is 17.1 Å². The van der Waals surface area contributed by atoms with E-state index in [9.17, 15) is 11.8 Å². The van der Waals surface area contributed by atoms with Gasteiger partial charge in [-0.2, -0.15) is 0 Å². The fourth-order valence-electron chi connectivity index (χ4n) is 0.717. The highest BCUT2D eigenvalue weighted by atomic mass is 127. The molecule has 0 bridgehead atoms. The summed E-state index contributed by atoms with van der Waals surface area (Å²) in [5.41, 5.74) is 0.548. The van der Waals surface area contributed by atoms with Crippen LogP contribution in [-0.2, 0) is 3.07 Å². The van der Waals surface area contributed by atoms with Crippen molar-refractivity contribution in [2.45, 2.75) is 6.92 Å². The number of hydrogen-bond donors (Lipinski definition) is 0. The van der Waals surface area contributed by atoms with Gasteiger partial charge in [-0.15, -0.1) is 0 Å². The Hall–Kier alpha value is -0.390. The lowest BCUT2D eigenvalue weighted by Crippen LogP contribution is -1.91. The van der Waals surface area contributed by atoms with E-state index in [4.69, 9.17) is 0 Å². The lowest BCUT2D eigenvalue weighted by molar-refractivity contribution is 0.502. The zero-order chi connectivity index (χ0) is 8.43. The van der Waals surface area contributed by atoms with Crippen molar-refractivity contribution in [3.8, 4) is 0 Å². The standard InChI is InChI=1S/C7H5F2IO/c1-4-2-3-5(8)6(9)7(4)10-11/h2-3H,1H3. The van der Waals surface area contributed by atoms with E-state index in [0.717, 1.165) is 6.07 Å². The second-order valence-electron chi connectivity index (χ2n) is 2.07. The lowest BCUT2D eigenvalue weighted by atomic mass is 10.2. The third kappa shape index (κ3) is 1.61. The van der Waals surface area contributed by atoms with Gasteiger partial charge in [0.05, 0.1) is 3.57 Å². The summed E-state index contributed by atoms with van der Waals surface area (Å²) in [5, 5.41) is 0. The highest BCUT2D eigenvalue weighted by Gasteiger charge is 2.10. The fraction of sp³-hybridized carbons (Fsp3) is 0.143. The van der Waals surface area contributed by atoms with Crippen molar-refractivity contribution < 1.29 is 11.8 Å². The molecule has 0 fully saturated rings. The molecule has 0 N–H and O–H groups in total. The monoisotopic (exact) mass is 270 g/mol. The van der Waals surface area contributed by atoms with E-state index >= 15 is 0 Å². The Balaban J connectivity index is 3.40. The van der Waals surface area contributed by atoms with Crippen LogP contribution in [-0.4, -0.2) is 0 Å². The van der Waals surface area contributed by atoms with Crippen LogP contribution in [0.4, 0.5) is 8.78 Å².